The van der Waals surface area contributed by atoms with Crippen LogP contribution in [0.5, 0.6) is 11.5 Å². The molecule has 196 valence electrons. The van der Waals surface area contributed by atoms with E-state index in [1.165, 1.54) is 5.56 Å². The lowest BCUT2D eigenvalue weighted by Gasteiger charge is -2.15. The van der Waals surface area contributed by atoms with Gasteiger partial charge in [-0.15, -0.1) is 0 Å². The van der Waals surface area contributed by atoms with Gasteiger partial charge in [-0.2, -0.15) is 0 Å². The predicted octanol–water partition coefficient (Wildman–Crippen LogP) is 8.98. The van der Waals surface area contributed by atoms with Crippen molar-refractivity contribution in [3.05, 3.63) is 98.2 Å². The number of rotatable bonds is 9. The third kappa shape index (κ3) is 5.03. The van der Waals surface area contributed by atoms with Crippen LogP contribution in [0.2, 0.25) is 15.1 Å². The van der Waals surface area contributed by atoms with Crippen molar-refractivity contribution < 1.29 is 18.8 Å². The molecule has 0 N–H and O–H groups in total. The molecule has 0 spiro atoms. The van der Waals surface area contributed by atoms with E-state index in [9.17, 15) is 4.79 Å². The molecule has 4 aromatic rings. The molecule has 1 aliphatic carbocycles. The van der Waals surface area contributed by atoms with Crippen LogP contribution in [0.3, 0.4) is 0 Å². The first-order chi connectivity index (χ1) is 18.2. The molecule has 5 nitrogen and oxygen atoms in total. The third-order valence-corrected chi connectivity index (χ3v) is 8.17. The van der Waals surface area contributed by atoms with Crippen molar-refractivity contribution in [3.8, 4) is 22.8 Å². The van der Waals surface area contributed by atoms with E-state index in [2.05, 4.69) is 12.1 Å². The molecule has 3 aromatic carbocycles. The van der Waals surface area contributed by atoms with Crippen LogP contribution in [0.15, 0.2) is 65.2 Å². The quantitative estimate of drug-likeness (QED) is 0.188. The zero-order valence-corrected chi connectivity index (χ0v) is 23.4. The first kappa shape index (κ1) is 26.6. The van der Waals surface area contributed by atoms with Crippen molar-refractivity contribution in [2.75, 3.05) is 0 Å². The first-order valence-corrected chi connectivity index (χ1v) is 13.4. The first-order valence-electron chi connectivity index (χ1n) is 12.3. The van der Waals surface area contributed by atoms with Crippen LogP contribution in [0.25, 0.3) is 11.3 Å². The second-order valence-electron chi connectivity index (χ2n) is 10.0. The average molecular weight is 571 g/mol. The van der Waals surface area contributed by atoms with Crippen molar-refractivity contribution in [1.82, 2.24) is 5.16 Å². The summed E-state index contributed by atoms with van der Waals surface area (Å²) in [5, 5.41) is 5.93. The SMILES string of the molecule is CC(C)c1onc(-c2c(Cl)cccc2Cl)c1COc1ccc(C2CC2(C)c2ccc(OC=O)cc2)c(Cl)c1. The number of aromatic nitrogens is 1. The van der Waals surface area contributed by atoms with Crippen molar-refractivity contribution in [2.45, 2.75) is 51.0 Å². The van der Waals surface area contributed by atoms with Gasteiger partial charge in [0.2, 0.25) is 0 Å². The molecule has 1 saturated carbocycles. The summed E-state index contributed by atoms with van der Waals surface area (Å²) in [7, 11) is 0. The summed E-state index contributed by atoms with van der Waals surface area (Å²) in [6, 6.07) is 18.8. The predicted molar refractivity (Wildman–Crippen MR) is 150 cm³/mol. The van der Waals surface area contributed by atoms with Gasteiger partial charge < -0.3 is 14.0 Å². The molecule has 8 heteroatoms. The molecule has 0 radical (unpaired) electrons. The van der Waals surface area contributed by atoms with E-state index in [0.717, 1.165) is 23.3 Å². The minimum Gasteiger partial charge on any atom is -0.489 e. The summed E-state index contributed by atoms with van der Waals surface area (Å²) in [6.45, 7) is 6.93. The number of carbonyl (C=O) groups is 1. The average Bonchev–Trinajstić information content (AvgIpc) is 3.39. The van der Waals surface area contributed by atoms with Gasteiger partial charge in [-0.3, -0.25) is 4.79 Å². The molecular weight excluding hydrogens is 545 g/mol. The van der Waals surface area contributed by atoms with Gasteiger partial charge in [0.1, 0.15) is 29.6 Å². The van der Waals surface area contributed by atoms with E-state index in [0.29, 0.717) is 44.3 Å². The Balaban J connectivity index is 1.35. The van der Waals surface area contributed by atoms with E-state index in [1.54, 1.807) is 18.2 Å². The minimum absolute atomic E-state index is 0.0382. The lowest BCUT2D eigenvalue weighted by Crippen LogP contribution is -2.04. The molecule has 38 heavy (non-hydrogen) atoms. The maximum Gasteiger partial charge on any atom is 0.298 e. The lowest BCUT2D eigenvalue weighted by molar-refractivity contribution is -0.120. The van der Waals surface area contributed by atoms with E-state index >= 15 is 0 Å². The van der Waals surface area contributed by atoms with Crippen LogP contribution in [0.4, 0.5) is 0 Å². The standard InChI is InChI=1S/C30H26Cl3NO4/c1-17(2)29-22(28(34-38-29)27-24(31)5-4-6-25(27)32)15-36-20-11-12-21(26(33)13-20)23-14-30(23,3)18-7-9-19(10-8-18)37-16-35/h4-13,16-17,23H,14-15H2,1-3H3. The maximum absolute atomic E-state index is 10.6. The molecule has 5 rings (SSSR count). The summed E-state index contributed by atoms with van der Waals surface area (Å²) in [4.78, 5) is 10.6. The number of carbonyl (C=O) groups excluding carboxylic acids is 1. The normalized spacial score (nSPS) is 18.4. The van der Waals surface area contributed by atoms with Gasteiger partial charge in [0.15, 0.2) is 0 Å². The second kappa shape index (κ2) is 10.6. The van der Waals surface area contributed by atoms with Crippen LogP contribution < -0.4 is 9.47 Å². The Hall–Kier alpha value is -2.99. The highest BCUT2D eigenvalue weighted by Gasteiger charge is 2.52. The van der Waals surface area contributed by atoms with Crippen molar-refractivity contribution in [1.29, 1.82) is 0 Å². The number of benzene rings is 3. The number of ether oxygens (including phenoxy) is 2. The number of hydrogen-bond donors (Lipinski definition) is 0. The third-order valence-electron chi connectivity index (χ3n) is 7.21. The molecule has 0 saturated heterocycles. The van der Waals surface area contributed by atoms with E-state index in [1.807, 2.05) is 56.3 Å². The number of halogens is 3. The Morgan fingerprint density at radius 1 is 1.03 bits per heavy atom. The van der Waals surface area contributed by atoms with Crippen molar-refractivity contribution in [3.63, 3.8) is 0 Å². The molecule has 1 heterocycles. The molecular formula is C30H26Cl3NO4. The van der Waals surface area contributed by atoms with E-state index < -0.39 is 0 Å². The lowest BCUT2D eigenvalue weighted by atomic mass is 9.92. The van der Waals surface area contributed by atoms with Gasteiger partial charge in [0, 0.05) is 21.9 Å². The Bertz CT molecular complexity index is 1460. The van der Waals surface area contributed by atoms with Crippen molar-refractivity contribution in [2.24, 2.45) is 0 Å². The highest BCUT2D eigenvalue weighted by atomic mass is 35.5. The second-order valence-corrected chi connectivity index (χ2v) is 11.2. The minimum atomic E-state index is -0.0382. The molecule has 2 atom stereocenters. The van der Waals surface area contributed by atoms with Crippen LogP contribution >= 0.6 is 34.8 Å². The summed E-state index contributed by atoms with van der Waals surface area (Å²) >= 11 is 19.7. The molecule has 1 aliphatic rings. The zero-order valence-electron chi connectivity index (χ0n) is 21.1. The molecule has 0 aliphatic heterocycles. The smallest absolute Gasteiger partial charge is 0.298 e. The Kier molecular flexibility index (Phi) is 7.45. The van der Waals surface area contributed by atoms with Gasteiger partial charge in [0.05, 0.1) is 15.6 Å². The van der Waals surface area contributed by atoms with Crippen LogP contribution in [0.1, 0.15) is 61.5 Å². The van der Waals surface area contributed by atoms with Gasteiger partial charge in [-0.1, -0.05) is 85.0 Å². The largest absolute Gasteiger partial charge is 0.489 e. The van der Waals surface area contributed by atoms with E-state index in [4.69, 9.17) is 48.8 Å². The number of nitrogens with zero attached hydrogens (tertiary/aromatic N) is 1. The van der Waals surface area contributed by atoms with Crippen LogP contribution in [-0.2, 0) is 16.8 Å². The Morgan fingerprint density at radius 3 is 2.34 bits per heavy atom. The molecule has 1 fully saturated rings. The van der Waals surface area contributed by atoms with Crippen LogP contribution in [-0.4, -0.2) is 11.6 Å². The van der Waals surface area contributed by atoms with Gasteiger partial charge in [-0.05, 0) is 59.9 Å². The Morgan fingerprint density at radius 2 is 1.71 bits per heavy atom. The monoisotopic (exact) mass is 569 g/mol. The summed E-state index contributed by atoms with van der Waals surface area (Å²) in [5.41, 5.74) is 4.21. The van der Waals surface area contributed by atoms with Crippen molar-refractivity contribution >= 4 is 41.3 Å². The van der Waals surface area contributed by atoms with E-state index in [-0.39, 0.29) is 23.9 Å². The van der Waals surface area contributed by atoms with Gasteiger partial charge in [0.25, 0.3) is 6.47 Å². The molecule has 1 aromatic heterocycles. The highest BCUT2D eigenvalue weighted by Crippen LogP contribution is 2.61. The molecule has 0 bridgehead atoms. The molecule has 0 amide bonds. The van der Waals surface area contributed by atoms with Gasteiger partial charge in [-0.25, -0.2) is 0 Å². The highest BCUT2D eigenvalue weighted by molar-refractivity contribution is 6.39. The van der Waals surface area contributed by atoms with Crippen LogP contribution in [0, 0.1) is 0 Å². The summed E-state index contributed by atoms with van der Waals surface area (Å²) in [6.07, 6.45) is 0.973. The fourth-order valence-corrected chi connectivity index (χ4v) is 5.86. The fraction of sp³-hybridized carbons (Fsp3) is 0.267. The van der Waals surface area contributed by atoms with Gasteiger partial charge >= 0.3 is 0 Å². The zero-order chi connectivity index (χ0) is 27.0. The summed E-state index contributed by atoms with van der Waals surface area (Å²) < 4.78 is 16.8. The topological polar surface area (TPSA) is 61.6 Å². The summed E-state index contributed by atoms with van der Waals surface area (Å²) in [5.74, 6) is 2.26. The fourth-order valence-electron chi connectivity index (χ4n) is 4.98. The number of hydrogen-bond acceptors (Lipinski definition) is 5. The Labute approximate surface area is 236 Å². The molecule has 2 unspecified atom stereocenters. The maximum atomic E-state index is 10.6.